The van der Waals surface area contributed by atoms with Crippen molar-refractivity contribution < 1.29 is 40.6 Å². The van der Waals surface area contributed by atoms with E-state index in [1.165, 1.54) is 41.3 Å². The van der Waals surface area contributed by atoms with Crippen LogP contribution in [-0.2, 0) is 55.0 Å². The second-order valence-electron chi connectivity index (χ2n) is 17.8. The molecule has 1 saturated heterocycles. The van der Waals surface area contributed by atoms with Gasteiger partial charge in [-0.3, -0.25) is 4.84 Å². The number of aryl methyl sites for hydroxylation is 1. The Morgan fingerprint density at radius 1 is 0.889 bits per heavy atom. The van der Waals surface area contributed by atoms with Gasteiger partial charge in [0, 0.05) is 45.3 Å². The average Bonchev–Trinajstić information content (AvgIpc) is 3.89. The molecule has 0 amide bonds. The average molecular weight is 1160 g/mol. The van der Waals surface area contributed by atoms with E-state index in [2.05, 4.69) is 128 Å². The van der Waals surface area contributed by atoms with Crippen LogP contribution >= 0.6 is 0 Å². The number of aldehydes is 1. The zero-order valence-corrected chi connectivity index (χ0v) is 50.8. The van der Waals surface area contributed by atoms with Gasteiger partial charge in [-0.05, 0) is 135 Å². The summed E-state index contributed by atoms with van der Waals surface area (Å²) < 4.78 is 0. The van der Waals surface area contributed by atoms with Gasteiger partial charge in [0.15, 0.2) is 0 Å². The first-order valence-electron chi connectivity index (χ1n) is 26.3. The second-order valence-corrected chi connectivity index (χ2v) is 17.8. The third-order valence-electron chi connectivity index (χ3n) is 12.2. The summed E-state index contributed by atoms with van der Waals surface area (Å²) in [6, 6.07) is 29.4. The van der Waals surface area contributed by atoms with E-state index in [0.29, 0.717) is 17.5 Å². The fraction of sp³-hybridized carbons (Fsp3) is 0.500. The molecule has 3 unspecified atom stereocenters. The van der Waals surface area contributed by atoms with Gasteiger partial charge in [0.1, 0.15) is 18.8 Å². The minimum Gasteiger partial charge on any atom is -0.674 e. The topological polar surface area (TPSA) is 142 Å². The molecule has 0 saturated carbocycles. The van der Waals surface area contributed by atoms with Gasteiger partial charge in [0.2, 0.25) is 0 Å². The van der Waals surface area contributed by atoms with Crippen LogP contribution in [0.15, 0.2) is 108 Å². The Balaban J connectivity index is -0.000000959. The summed E-state index contributed by atoms with van der Waals surface area (Å²) in [4.78, 5) is 29.8. The number of benzene rings is 3. The first kappa shape index (κ1) is 71.9. The van der Waals surface area contributed by atoms with Crippen molar-refractivity contribution in [1.29, 1.82) is 0 Å². The van der Waals surface area contributed by atoms with Crippen molar-refractivity contribution in [3.63, 3.8) is 0 Å². The zero-order valence-electron chi connectivity index (χ0n) is 47.9. The van der Waals surface area contributed by atoms with E-state index in [0.717, 1.165) is 91.6 Å². The monoisotopic (exact) mass is 1160 g/mol. The molecule has 2 heterocycles. The maximum Gasteiger partial charge on any atom is 0.139 e. The number of pyridine rings is 1. The van der Waals surface area contributed by atoms with Crippen LogP contribution in [0.3, 0.4) is 0 Å². The van der Waals surface area contributed by atoms with Crippen molar-refractivity contribution in [2.75, 3.05) is 27.2 Å². The molecule has 0 spiro atoms. The summed E-state index contributed by atoms with van der Waals surface area (Å²) in [6.45, 7) is 36.6. The molecule has 3 atom stereocenters. The van der Waals surface area contributed by atoms with Crippen molar-refractivity contribution in [2.45, 2.75) is 162 Å². The molecule has 402 valence electrons. The van der Waals surface area contributed by atoms with Gasteiger partial charge >= 0.3 is 0 Å². The summed E-state index contributed by atoms with van der Waals surface area (Å²) in [7, 11) is 3.47. The van der Waals surface area contributed by atoms with E-state index in [9.17, 15) is 9.90 Å². The van der Waals surface area contributed by atoms with Gasteiger partial charge in [0.25, 0.3) is 0 Å². The third kappa shape index (κ3) is 24.1. The number of allylic oxidation sites excluding steroid dienone is 5. The molecule has 10 heteroatoms. The number of nitrogens with two attached hydrogens (primary N) is 1. The zero-order chi connectivity index (χ0) is 54.5. The summed E-state index contributed by atoms with van der Waals surface area (Å²) in [5.74, 6) is 1.42. The molecule has 1 aliphatic carbocycles. The van der Waals surface area contributed by atoms with Crippen molar-refractivity contribution in [3.8, 4) is 22.4 Å². The number of hydrogen-bond donors (Lipinski definition) is 3. The number of aliphatic hydroxyl groups is 1. The van der Waals surface area contributed by atoms with Crippen molar-refractivity contribution in [2.24, 2.45) is 23.0 Å². The predicted molar refractivity (Wildman–Crippen MR) is 309 cm³/mol. The van der Waals surface area contributed by atoms with Gasteiger partial charge < -0.3 is 31.5 Å². The Morgan fingerprint density at radius 2 is 1.44 bits per heavy atom. The van der Waals surface area contributed by atoms with Crippen LogP contribution in [0.4, 0.5) is 0 Å². The molecule has 72 heavy (non-hydrogen) atoms. The second kappa shape index (κ2) is 42.1. The number of nitrogens with one attached hydrogen (secondary N) is 2. The molecular formula is C62H98N5O4W-. The Kier molecular flexibility index (Phi) is 42.0. The molecule has 4 aromatic rings. The number of hydrogen-bond acceptors (Lipinski definition) is 8. The fourth-order valence-electron chi connectivity index (χ4n) is 7.94. The maximum atomic E-state index is 10.9. The van der Waals surface area contributed by atoms with Crippen LogP contribution in [0.2, 0.25) is 0 Å². The van der Waals surface area contributed by atoms with Crippen LogP contribution in [-0.4, -0.2) is 61.5 Å². The fourth-order valence-corrected chi connectivity index (χ4v) is 7.94. The van der Waals surface area contributed by atoms with Crippen molar-refractivity contribution >= 4 is 24.2 Å². The molecule has 3 aromatic carbocycles. The van der Waals surface area contributed by atoms with Crippen LogP contribution in [0.1, 0.15) is 164 Å². The van der Waals surface area contributed by atoms with Crippen LogP contribution in [0.25, 0.3) is 39.3 Å². The predicted octanol–water partition coefficient (Wildman–Crippen LogP) is 16.1. The summed E-state index contributed by atoms with van der Waals surface area (Å²) in [6.07, 6.45) is 10.8. The maximum absolute atomic E-state index is 10.9. The standard InChI is InChI=1S/C26H25N2O.C15H29NO2.C13H19N.3C2H6.CH5N.CH2O.W/c1-2-18-12-14-19(15-13-18)22-16-24(20-8-4-3-5-9-20)28-26(23(22)17-27)21-10-6-7-11-25(21)29;1-6-12(2)14(15(3,4)5)11-18-16-9-7-8-13(16)10-17;1-10(2)11(3)13-7-5-12(6-8-13)9-14-4;5*1-2;/h3-5,8-16,27,29H,2,6-7,17H2,1H3;10,12-14H,6-9,11H2,1-5H3;5-8,14H,9H2,1-4H3;3*1-2H3;2H2,1H3;1H2;/q-1;;;;;;;;. The normalized spacial score (nSPS) is 14.1. The van der Waals surface area contributed by atoms with Crippen LogP contribution < -0.4 is 11.1 Å². The van der Waals surface area contributed by atoms with Gasteiger partial charge in [0.05, 0.1) is 24.0 Å². The Bertz CT molecular complexity index is 2090. The van der Waals surface area contributed by atoms with Gasteiger partial charge in [-0.1, -0.05) is 180 Å². The molecule has 1 aliphatic heterocycles. The van der Waals surface area contributed by atoms with Crippen LogP contribution in [0.5, 0.6) is 0 Å². The first-order chi connectivity index (χ1) is 34.3. The Hall–Kier alpha value is -4.34. The quantitative estimate of drug-likeness (QED) is 0.106. The minimum atomic E-state index is -0.0254. The van der Waals surface area contributed by atoms with Crippen LogP contribution in [0, 0.1) is 17.3 Å². The molecule has 5 N–H and O–H groups in total. The molecule has 1 aromatic heterocycles. The van der Waals surface area contributed by atoms with E-state index in [-0.39, 0.29) is 44.8 Å². The van der Waals surface area contributed by atoms with Crippen molar-refractivity contribution in [1.82, 2.24) is 15.4 Å². The molecule has 0 bridgehead atoms. The summed E-state index contributed by atoms with van der Waals surface area (Å²) in [5.41, 5.74) is 25.9. The summed E-state index contributed by atoms with van der Waals surface area (Å²) in [5, 5.41) is 15.6. The third-order valence-corrected chi connectivity index (χ3v) is 12.2. The molecular weight excluding hydrogens is 1060 g/mol. The number of nitrogens with zero attached hydrogens (tertiary/aromatic N) is 2. The molecule has 6 rings (SSSR count). The SMILES string of the molecule is C=O.CC.CC.CC.CCC(C)C(CON1CCCC1C=O)C(C)(C)C.CCc1ccc(-c2cc(-c3ccccc3)nc(C3=CCCC=C3O)c2C[NH-])cc1.CN.CNCc1ccc(C(C)=C(C)C)cc1.[W]. The number of carbonyl (C=O) groups excluding carboxylic acids is 2. The van der Waals surface area contributed by atoms with E-state index in [4.69, 9.17) is 20.3 Å². The molecule has 0 radical (unpaired) electrons. The number of aliphatic hydroxyl groups excluding tert-OH is 1. The summed E-state index contributed by atoms with van der Waals surface area (Å²) >= 11 is 0. The van der Waals surface area contributed by atoms with Gasteiger partial charge in [-0.2, -0.15) is 5.06 Å². The molecule has 9 nitrogen and oxygen atoms in total. The number of carbonyl (C=O) groups is 2. The Morgan fingerprint density at radius 3 is 1.92 bits per heavy atom. The number of aromatic nitrogens is 1. The van der Waals surface area contributed by atoms with Gasteiger partial charge in [-0.25, -0.2) is 4.98 Å². The van der Waals surface area contributed by atoms with E-state index in [1.807, 2.05) is 103 Å². The van der Waals surface area contributed by atoms with E-state index >= 15 is 0 Å². The molecule has 2 aliphatic rings. The number of rotatable bonds is 14. The van der Waals surface area contributed by atoms with E-state index < -0.39 is 0 Å². The van der Waals surface area contributed by atoms with Crippen molar-refractivity contribution in [3.05, 3.63) is 142 Å². The van der Waals surface area contributed by atoms with E-state index in [1.54, 1.807) is 0 Å². The molecule has 1 fully saturated rings. The Labute approximate surface area is 454 Å². The van der Waals surface area contributed by atoms with Gasteiger partial charge in [-0.15, -0.1) is 6.54 Å². The largest absolute Gasteiger partial charge is 0.674 e. The first-order valence-corrected chi connectivity index (χ1v) is 26.3. The smallest absolute Gasteiger partial charge is 0.139 e. The minimum absolute atomic E-state index is 0. The number of hydroxylamine groups is 2.